The van der Waals surface area contributed by atoms with Crippen molar-refractivity contribution in [3.8, 4) is 0 Å². The third-order valence-electron chi connectivity index (χ3n) is 2.46. The predicted octanol–water partition coefficient (Wildman–Crippen LogP) is 0.581. The van der Waals surface area contributed by atoms with Crippen LogP contribution in [0, 0.1) is 0 Å². The molecular formula is C10H20N2O2. The van der Waals surface area contributed by atoms with Crippen molar-refractivity contribution in [3.05, 3.63) is 0 Å². The third kappa shape index (κ3) is 2.96. The summed E-state index contributed by atoms with van der Waals surface area (Å²) < 4.78 is 5.24. The number of nitrogens with zero attached hydrogens (tertiary/aromatic N) is 1. The number of amides is 1. The number of carbonyl (C=O) groups is 1. The molecule has 4 nitrogen and oxygen atoms in total. The lowest BCUT2D eigenvalue weighted by Crippen LogP contribution is -2.37. The molecule has 4 heteroatoms. The van der Waals surface area contributed by atoms with Gasteiger partial charge in [0.15, 0.2) is 0 Å². The minimum Gasteiger partial charge on any atom is -0.382 e. The largest absolute Gasteiger partial charge is 0.382 e. The Bertz CT molecular complexity index is 185. The summed E-state index contributed by atoms with van der Waals surface area (Å²) in [7, 11) is 0. The maximum Gasteiger partial charge on any atom is 0.237 e. The van der Waals surface area contributed by atoms with Crippen LogP contribution in [0.4, 0.5) is 0 Å². The van der Waals surface area contributed by atoms with Crippen LogP contribution in [0.3, 0.4) is 0 Å². The van der Waals surface area contributed by atoms with Gasteiger partial charge in [0, 0.05) is 19.8 Å². The molecular weight excluding hydrogens is 180 g/mol. The van der Waals surface area contributed by atoms with Gasteiger partial charge in [0.2, 0.25) is 5.91 Å². The zero-order valence-electron chi connectivity index (χ0n) is 9.08. The highest BCUT2D eigenvalue weighted by atomic mass is 16.5. The van der Waals surface area contributed by atoms with Gasteiger partial charge in [-0.3, -0.25) is 10.1 Å². The summed E-state index contributed by atoms with van der Waals surface area (Å²) in [4.78, 5) is 13.3. The second kappa shape index (κ2) is 5.98. The van der Waals surface area contributed by atoms with E-state index >= 15 is 0 Å². The summed E-state index contributed by atoms with van der Waals surface area (Å²) in [6, 6.07) is 0. The van der Waals surface area contributed by atoms with Crippen LogP contribution >= 0.6 is 0 Å². The Labute approximate surface area is 85.6 Å². The van der Waals surface area contributed by atoms with Gasteiger partial charge in [-0.2, -0.15) is 0 Å². The molecule has 1 atom stereocenters. The fraction of sp³-hybridized carbons (Fsp3) is 0.900. The second-order valence-electron chi connectivity index (χ2n) is 3.44. The SMILES string of the molecule is CCOCCCN1C(=O)CNC1CC. The van der Waals surface area contributed by atoms with E-state index in [1.807, 2.05) is 11.8 Å². The first kappa shape index (κ1) is 11.5. The average molecular weight is 200 g/mol. The molecule has 1 aliphatic rings. The van der Waals surface area contributed by atoms with E-state index in [1.54, 1.807) is 0 Å². The Hall–Kier alpha value is -0.610. The van der Waals surface area contributed by atoms with Crippen molar-refractivity contribution in [2.45, 2.75) is 32.9 Å². The van der Waals surface area contributed by atoms with E-state index in [1.165, 1.54) is 0 Å². The van der Waals surface area contributed by atoms with Crippen LogP contribution in [0.25, 0.3) is 0 Å². The molecule has 0 saturated carbocycles. The van der Waals surface area contributed by atoms with Crippen LogP contribution < -0.4 is 5.32 Å². The van der Waals surface area contributed by atoms with Crippen molar-refractivity contribution in [2.75, 3.05) is 26.3 Å². The summed E-state index contributed by atoms with van der Waals surface area (Å²) in [6.45, 7) is 6.88. The third-order valence-corrected chi connectivity index (χ3v) is 2.46. The van der Waals surface area contributed by atoms with E-state index in [0.717, 1.165) is 32.6 Å². The molecule has 1 unspecified atom stereocenters. The first-order valence-electron chi connectivity index (χ1n) is 5.40. The minimum atomic E-state index is 0.216. The van der Waals surface area contributed by atoms with E-state index in [9.17, 15) is 4.79 Å². The molecule has 0 spiro atoms. The molecule has 82 valence electrons. The van der Waals surface area contributed by atoms with Crippen LogP contribution in [0.2, 0.25) is 0 Å². The Morgan fingerprint density at radius 1 is 1.57 bits per heavy atom. The van der Waals surface area contributed by atoms with Gasteiger partial charge >= 0.3 is 0 Å². The van der Waals surface area contributed by atoms with Crippen LogP contribution in [-0.2, 0) is 9.53 Å². The summed E-state index contributed by atoms with van der Waals surface area (Å²) in [5, 5.41) is 3.18. The van der Waals surface area contributed by atoms with Gasteiger partial charge in [0.1, 0.15) is 0 Å². The quantitative estimate of drug-likeness (QED) is 0.638. The maximum absolute atomic E-state index is 11.4. The summed E-state index contributed by atoms with van der Waals surface area (Å²) in [5.41, 5.74) is 0. The van der Waals surface area contributed by atoms with Crippen molar-refractivity contribution < 1.29 is 9.53 Å². The fourth-order valence-corrected chi connectivity index (χ4v) is 1.72. The minimum absolute atomic E-state index is 0.216. The van der Waals surface area contributed by atoms with E-state index in [-0.39, 0.29) is 12.1 Å². The Morgan fingerprint density at radius 2 is 2.36 bits per heavy atom. The Balaban J connectivity index is 2.23. The Morgan fingerprint density at radius 3 is 3.00 bits per heavy atom. The number of rotatable bonds is 6. The normalized spacial score (nSPS) is 22.0. The summed E-state index contributed by atoms with van der Waals surface area (Å²) in [5.74, 6) is 0.216. The molecule has 0 aromatic heterocycles. The van der Waals surface area contributed by atoms with Crippen molar-refractivity contribution in [3.63, 3.8) is 0 Å². The maximum atomic E-state index is 11.4. The molecule has 0 aromatic rings. The van der Waals surface area contributed by atoms with E-state index in [2.05, 4.69) is 12.2 Å². The first-order chi connectivity index (χ1) is 6.79. The Kier molecular flexibility index (Phi) is 4.90. The molecule has 1 aliphatic heterocycles. The van der Waals surface area contributed by atoms with E-state index in [0.29, 0.717) is 6.54 Å². The topological polar surface area (TPSA) is 41.6 Å². The molecule has 14 heavy (non-hydrogen) atoms. The van der Waals surface area contributed by atoms with Crippen LogP contribution in [-0.4, -0.2) is 43.3 Å². The fourth-order valence-electron chi connectivity index (χ4n) is 1.72. The van der Waals surface area contributed by atoms with Crippen molar-refractivity contribution in [1.29, 1.82) is 0 Å². The van der Waals surface area contributed by atoms with Gasteiger partial charge < -0.3 is 9.64 Å². The van der Waals surface area contributed by atoms with Crippen LogP contribution in [0.5, 0.6) is 0 Å². The highest BCUT2D eigenvalue weighted by Gasteiger charge is 2.27. The van der Waals surface area contributed by atoms with Crippen molar-refractivity contribution in [1.82, 2.24) is 10.2 Å². The first-order valence-corrected chi connectivity index (χ1v) is 5.40. The number of nitrogens with one attached hydrogen (secondary N) is 1. The monoisotopic (exact) mass is 200 g/mol. The smallest absolute Gasteiger partial charge is 0.237 e. The molecule has 1 amide bonds. The van der Waals surface area contributed by atoms with E-state index in [4.69, 9.17) is 4.74 Å². The number of hydrogen-bond donors (Lipinski definition) is 1. The van der Waals surface area contributed by atoms with Crippen LogP contribution in [0.1, 0.15) is 26.7 Å². The van der Waals surface area contributed by atoms with E-state index < -0.39 is 0 Å². The van der Waals surface area contributed by atoms with Gasteiger partial charge in [-0.1, -0.05) is 6.92 Å². The van der Waals surface area contributed by atoms with Crippen molar-refractivity contribution >= 4 is 5.91 Å². The number of ether oxygens (including phenoxy) is 1. The molecule has 1 heterocycles. The molecule has 1 fully saturated rings. The van der Waals surface area contributed by atoms with Gasteiger partial charge in [-0.05, 0) is 19.8 Å². The van der Waals surface area contributed by atoms with Gasteiger partial charge in [-0.25, -0.2) is 0 Å². The van der Waals surface area contributed by atoms with Gasteiger partial charge in [0.05, 0.1) is 12.7 Å². The second-order valence-corrected chi connectivity index (χ2v) is 3.44. The lowest BCUT2D eigenvalue weighted by atomic mass is 10.3. The highest BCUT2D eigenvalue weighted by Crippen LogP contribution is 2.08. The standard InChI is InChI=1S/C10H20N2O2/c1-3-9-11-8-10(13)12(9)6-5-7-14-4-2/h9,11H,3-8H2,1-2H3. The predicted molar refractivity (Wildman–Crippen MR) is 54.9 cm³/mol. The van der Waals surface area contributed by atoms with Gasteiger partial charge in [0.25, 0.3) is 0 Å². The molecule has 1 saturated heterocycles. The summed E-state index contributed by atoms with van der Waals surface area (Å²) in [6.07, 6.45) is 2.14. The lowest BCUT2D eigenvalue weighted by molar-refractivity contribution is -0.128. The molecule has 1 rings (SSSR count). The summed E-state index contributed by atoms with van der Waals surface area (Å²) >= 11 is 0. The van der Waals surface area contributed by atoms with Crippen molar-refractivity contribution in [2.24, 2.45) is 0 Å². The zero-order valence-corrected chi connectivity index (χ0v) is 9.08. The molecule has 0 aromatic carbocycles. The molecule has 0 radical (unpaired) electrons. The van der Waals surface area contributed by atoms with Gasteiger partial charge in [-0.15, -0.1) is 0 Å². The number of carbonyl (C=O) groups excluding carboxylic acids is 1. The average Bonchev–Trinajstić information content (AvgIpc) is 2.55. The van der Waals surface area contributed by atoms with Crippen LogP contribution in [0.15, 0.2) is 0 Å². The highest BCUT2D eigenvalue weighted by molar-refractivity contribution is 5.80. The molecule has 0 aliphatic carbocycles. The number of hydrogen-bond acceptors (Lipinski definition) is 3. The molecule has 0 bridgehead atoms. The lowest BCUT2D eigenvalue weighted by Gasteiger charge is -2.22. The molecule has 1 N–H and O–H groups in total. The zero-order chi connectivity index (χ0) is 10.4.